The predicted octanol–water partition coefficient (Wildman–Crippen LogP) is 3.21. The van der Waals surface area contributed by atoms with Crippen LogP contribution in [0.3, 0.4) is 0 Å². The summed E-state index contributed by atoms with van der Waals surface area (Å²) in [5.74, 6) is 2.85. The zero-order chi connectivity index (χ0) is 22.2. The van der Waals surface area contributed by atoms with E-state index in [1.165, 1.54) is 0 Å². The molecule has 0 aliphatic carbocycles. The number of nitrogens with zero attached hydrogens (tertiary/aromatic N) is 2. The number of benzene rings is 2. The molecule has 8 nitrogen and oxygen atoms in total. The van der Waals surface area contributed by atoms with Crippen molar-refractivity contribution in [2.24, 2.45) is 5.73 Å². The van der Waals surface area contributed by atoms with Crippen LogP contribution in [-0.4, -0.2) is 33.6 Å². The van der Waals surface area contributed by atoms with Crippen LogP contribution in [-0.2, 0) is 11.2 Å². The van der Waals surface area contributed by atoms with E-state index in [0.29, 0.717) is 34.1 Å². The molecule has 0 bridgehead atoms. The Morgan fingerprint density at radius 2 is 2.00 bits per heavy atom. The third kappa shape index (κ3) is 6.44. The van der Waals surface area contributed by atoms with Crippen LogP contribution >= 0.6 is 15.9 Å². The third-order valence-corrected chi connectivity index (χ3v) is 4.66. The second-order valence-electron chi connectivity index (χ2n) is 6.51. The third-order valence-electron chi connectivity index (χ3n) is 4.12. The predicted molar refractivity (Wildman–Crippen MR) is 122 cm³/mol. The Labute approximate surface area is 188 Å². The van der Waals surface area contributed by atoms with E-state index in [4.69, 9.17) is 16.9 Å². The zero-order valence-electron chi connectivity index (χ0n) is 16.4. The van der Waals surface area contributed by atoms with Crippen LogP contribution in [0, 0.1) is 12.3 Å². The minimum Gasteiger partial charge on any atom is -0.508 e. The van der Waals surface area contributed by atoms with E-state index >= 15 is 0 Å². The average molecular weight is 482 g/mol. The number of nitrogens with two attached hydrogens (primary N) is 1. The molecule has 5 N–H and O–H groups in total. The van der Waals surface area contributed by atoms with E-state index in [0.717, 1.165) is 5.56 Å². The molecule has 1 aromatic heterocycles. The average Bonchev–Trinajstić information content (AvgIpc) is 2.76. The van der Waals surface area contributed by atoms with E-state index in [1.807, 2.05) is 0 Å². The molecule has 3 rings (SSSR count). The topological polar surface area (TPSA) is 122 Å². The van der Waals surface area contributed by atoms with Gasteiger partial charge in [-0.25, -0.2) is 4.98 Å². The van der Waals surface area contributed by atoms with Gasteiger partial charge in [-0.2, -0.15) is 4.98 Å². The number of nitrogens with one attached hydrogen (secondary N) is 2. The molecule has 0 unspecified atom stereocenters. The van der Waals surface area contributed by atoms with Gasteiger partial charge in [-0.3, -0.25) is 4.79 Å². The van der Waals surface area contributed by atoms with Crippen molar-refractivity contribution in [2.45, 2.75) is 12.5 Å². The largest absolute Gasteiger partial charge is 0.508 e. The van der Waals surface area contributed by atoms with Crippen LogP contribution in [0.15, 0.2) is 59.2 Å². The molecule has 0 saturated heterocycles. The Hall–Kier alpha value is -3.61. The summed E-state index contributed by atoms with van der Waals surface area (Å²) in [6, 6.07) is 12.9. The van der Waals surface area contributed by atoms with Gasteiger partial charge >= 0.3 is 0 Å². The van der Waals surface area contributed by atoms with Gasteiger partial charge in [0.2, 0.25) is 17.7 Å². The van der Waals surface area contributed by atoms with Gasteiger partial charge in [0.15, 0.2) is 6.61 Å². The number of carbonyl (C=O) groups excluding carboxylic acids is 1. The lowest BCUT2D eigenvalue weighted by molar-refractivity contribution is -0.117. The number of phenols is 1. The number of rotatable bonds is 8. The van der Waals surface area contributed by atoms with E-state index < -0.39 is 6.04 Å². The lowest BCUT2D eigenvalue weighted by atomic mass is 10.1. The number of aromatic nitrogens is 2. The zero-order valence-corrected chi connectivity index (χ0v) is 18.0. The Bertz CT molecular complexity index is 1100. The number of hydrogen-bond acceptors (Lipinski definition) is 7. The highest BCUT2D eigenvalue weighted by Crippen LogP contribution is 2.25. The number of terminal acetylenes is 1. The van der Waals surface area contributed by atoms with Gasteiger partial charge in [0.1, 0.15) is 5.75 Å². The molecular weight excluding hydrogens is 462 g/mol. The summed E-state index contributed by atoms with van der Waals surface area (Å²) in [7, 11) is 0. The first-order valence-corrected chi connectivity index (χ1v) is 10.0. The van der Waals surface area contributed by atoms with Crippen molar-refractivity contribution in [2.75, 3.05) is 17.2 Å². The summed E-state index contributed by atoms with van der Waals surface area (Å²) < 4.78 is 5.94. The van der Waals surface area contributed by atoms with Gasteiger partial charge in [-0.05, 0) is 58.2 Å². The fourth-order valence-electron chi connectivity index (χ4n) is 2.64. The molecule has 158 valence electrons. The quantitative estimate of drug-likeness (QED) is 0.364. The Kier molecular flexibility index (Phi) is 7.43. The van der Waals surface area contributed by atoms with Gasteiger partial charge in [0.05, 0.1) is 16.7 Å². The maximum Gasteiger partial charge on any atom is 0.241 e. The standard InChI is InChI=1S/C22H20BrN5O3/c1-2-10-31-21-18(23)13-25-22(28-21)27-16-5-3-4-15(12-16)26-20(30)19(24)11-14-6-8-17(29)9-7-14/h1,3-9,12-13,19,29H,10-11,24H2,(H,26,30)(H,25,27,28)/t19-/m1/s1. The minimum atomic E-state index is -0.744. The van der Waals surface area contributed by atoms with Crippen LogP contribution in [0.2, 0.25) is 0 Å². The number of anilines is 3. The van der Waals surface area contributed by atoms with Crippen LogP contribution in [0.1, 0.15) is 5.56 Å². The first kappa shape index (κ1) is 22.1. The molecule has 1 heterocycles. The van der Waals surface area contributed by atoms with Crippen molar-refractivity contribution < 1.29 is 14.6 Å². The van der Waals surface area contributed by atoms with E-state index in [1.54, 1.807) is 54.7 Å². The highest BCUT2D eigenvalue weighted by molar-refractivity contribution is 9.10. The molecule has 31 heavy (non-hydrogen) atoms. The van der Waals surface area contributed by atoms with Crippen molar-refractivity contribution in [1.29, 1.82) is 0 Å². The Balaban J connectivity index is 1.64. The van der Waals surface area contributed by atoms with Crippen LogP contribution < -0.4 is 21.1 Å². The summed E-state index contributed by atoms with van der Waals surface area (Å²) in [4.78, 5) is 20.9. The van der Waals surface area contributed by atoms with Crippen molar-refractivity contribution in [3.63, 3.8) is 0 Å². The smallest absolute Gasteiger partial charge is 0.241 e. The highest BCUT2D eigenvalue weighted by atomic mass is 79.9. The second-order valence-corrected chi connectivity index (χ2v) is 7.37. The Morgan fingerprint density at radius 3 is 2.74 bits per heavy atom. The van der Waals surface area contributed by atoms with Crippen molar-refractivity contribution >= 4 is 39.2 Å². The minimum absolute atomic E-state index is 0.0843. The maximum absolute atomic E-state index is 12.5. The fourth-order valence-corrected chi connectivity index (χ4v) is 2.95. The van der Waals surface area contributed by atoms with Gasteiger partial charge in [0.25, 0.3) is 0 Å². The van der Waals surface area contributed by atoms with Crippen molar-refractivity contribution in [3.8, 4) is 24.0 Å². The number of halogens is 1. The molecule has 0 radical (unpaired) electrons. The van der Waals surface area contributed by atoms with Gasteiger partial charge in [0, 0.05) is 11.4 Å². The lowest BCUT2D eigenvalue weighted by Gasteiger charge is -2.14. The van der Waals surface area contributed by atoms with Crippen LogP contribution in [0.4, 0.5) is 17.3 Å². The normalized spacial score (nSPS) is 11.3. The molecule has 2 aromatic carbocycles. The summed E-state index contributed by atoms with van der Waals surface area (Å²) >= 11 is 3.31. The number of amides is 1. The highest BCUT2D eigenvalue weighted by Gasteiger charge is 2.15. The van der Waals surface area contributed by atoms with E-state index in [2.05, 4.69) is 42.5 Å². The monoisotopic (exact) mass is 481 g/mol. The first-order chi connectivity index (χ1) is 14.9. The van der Waals surface area contributed by atoms with Crippen molar-refractivity contribution in [3.05, 3.63) is 64.8 Å². The summed E-state index contributed by atoms with van der Waals surface area (Å²) in [6.07, 6.45) is 7.11. The number of phenolic OH excluding ortho intramolecular Hbond substituents is 1. The SMILES string of the molecule is C#CCOc1nc(Nc2cccc(NC(=O)[C@H](N)Cc3ccc(O)cc3)c2)ncc1Br. The molecule has 1 amide bonds. The first-order valence-electron chi connectivity index (χ1n) is 9.25. The van der Waals surface area contributed by atoms with Gasteiger partial charge < -0.3 is 26.2 Å². The van der Waals surface area contributed by atoms with Crippen LogP contribution in [0.5, 0.6) is 11.6 Å². The number of carbonyl (C=O) groups is 1. The van der Waals surface area contributed by atoms with E-state index in [9.17, 15) is 9.90 Å². The number of hydrogen-bond donors (Lipinski definition) is 4. The van der Waals surface area contributed by atoms with Gasteiger partial charge in [-0.15, -0.1) is 6.42 Å². The van der Waals surface area contributed by atoms with Crippen LogP contribution in [0.25, 0.3) is 0 Å². The molecule has 0 aliphatic heterocycles. The molecular formula is C22H20BrN5O3. The maximum atomic E-state index is 12.5. The molecule has 9 heteroatoms. The number of ether oxygens (including phenoxy) is 1. The Morgan fingerprint density at radius 1 is 1.26 bits per heavy atom. The van der Waals surface area contributed by atoms with Crippen molar-refractivity contribution in [1.82, 2.24) is 9.97 Å². The molecule has 1 atom stereocenters. The lowest BCUT2D eigenvalue weighted by Crippen LogP contribution is -2.37. The molecule has 0 spiro atoms. The van der Waals surface area contributed by atoms with E-state index in [-0.39, 0.29) is 18.3 Å². The second kappa shape index (κ2) is 10.4. The molecule has 0 saturated carbocycles. The summed E-state index contributed by atoms with van der Waals surface area (Å²) in [5, 5.41) is 15.2. The number of aromatic hydroxyl groups is 1. The summed E-state index contributed by atoms with van der Waals surface area (Å²) in [5.41, 5.74) is 8.11. The molecule has 0 aliphatic rings. The fraction of sp³-hybridized carbons (Fsp3) is 0.136. The van der Waals surface area contributed by atoms with Gasteiger partial charge in [-0.1, -0.05) is 24.1 Å². The molecule has 0 fully saturated rings. The summed E-state index contributed by atoms with van der Waals surface area (Å²) in [6.45, 7) is 0.0843. The molecule has 3 aromatic rings.